The highest BCUT2D eigenvalue weighted by molar-refractivity contribution is 6.03. The number of carbonyl (C=O) groups excluding carboxylic acids is 2. The zero-order valence-electron chi connectivity index (χ0n) is 14.9. The summed E-state index contributed by atoms with van der Waals surface area (Å²) in [5.74, 6) is 0.734. The molecule has 1 fully saturated rings. The van der Waals surface area contributed by atoms with Gasteiger partial charge in [-0.05, 0) is 61.2 Å². The van der Waals surface area contributed by atoms with Crippen molar-refractivity contribution in [3.8, 4) is 5.75 Å². The van der Waals surface area contributed by atoms with Gasteiger partial charge in [-0.25, -0.2) is 0 Å². The summed E-state index contributed by atoms with van der Waals surface area (Å²) in [6, 6.07) is 12.9. The van der Waals surface area contributed by atoms with Crippen LogP contribution < -0.4 is 15.4 Å². The summed E-state index contributed by atoms with van der Waals surface area (Å²) in [6.45, 7) is 1.88. The van der Waals surface area contributed by atoms with Gasteiger partial charge >= 0.3 is 0 Å². The number of hydrogen-bond donors (Lipinski definition) is 2. The zero-order chi connectivity index (χ0) is 18.5. The van der Waals surface area contributed by atoms with Gasteiger partial charge in [0.2, 0.25) is 11.8 Å². The molecular weight excluding hydrogens is 328 g/mol. The van der Waals surface area contributed by atoms with Crippen LogP contribution >= 0.6 is 0 Å². The lowest BCUT2D eigenvalue weighted by atomic mass is 10.1. The molecule has 1 aliphatic rings. The fourth-order valence-corrected chi connectivity index (χ4v) is 2.55. The molecule has 2 aromatic carbocycles. The van der Waals surface area contributed by atoms with Crippen molar-refractivity contribution in [3.05, 3.63) is 59.7 Å². The van der Waals surface area contributed by atoms with Crippen LogP contribution in [0.5, 0.6) is 5.75 Å². The van der Waals surface area contributed by atoms with Gasteiger partial charge in [0.1, 0.15) is 5.75 Å². The molecule has 26 heavy (non-hydrogen) atoms. The van der Waals surface area contributed by atoms with Crippen molar-refractivity contribution >= 4 is 29.3 Å². The van der Waals surface area contributed by atoms with Gasteiger partial charge in [0, 0.05) is 23.4 Å². The van der Waals surface area contributed by atoms with Gasteiger partial charge in [0.05, 0.1) is 7.11 Å². The normalized spacial score (nSPS) is 13.5. The van der Waals surface area contributed by atoms with Gasteiger partial charge in [-0.3, -0.25) is 9.59 Å². The number of ether oxygens (including phenoxy) is 1. The van der Waals surface area contributed by atoms with Crippen molar-refractivity contribution < 1.29 is 14.3 Å². The van der Waals surface area contributed by atoms with Crippen molar-refractivity contribution in [1.29, 1.82) is 0 Å². The summed E-state index contributed by atoms with van der Waals surface area (Å²) >= 11 is 0. The molecule has 0 saturated heterocycles. The summed E-state index contributed by atoms with van der Waals surface area (Å²) < 4.78 is 5.11. The maximum absolute atomic E-state index is 12.2. The van der Waals surface area contributed by atoms with Crippen LogP contribution in [0.3, 0.4) is 0 Å². The van der Waals surface area contributed by atoms with E-state index in [9.17, 15) is 9.59 Å². The highest BCUT2D eigenvalue weighted by Gasteiger charge is 2.29. The Morgan fingerprint density at radius 1 is 1.04 bits per heavy atom. The van der Waals surface area contributed by atoms with E-state index in [1.54, 1.807) is 13.2 Å². The van der Waals surface area contributed by atoms with E-state index in [1.807, 2.05) is 49.4 Å². The van der Waals surface area contributed by atoms with Gasteiger partial charge in [0.25, 0.3) is 0 Å². The van der Waals surface area contributed by atoms with Crippen molar-refractivity contribution in [2.75, 3.05) is 17.7 Å². The van der Waals surface area contributed by atoms with Crippen LogP contribution in [0.2, 0.25) is 0 Å². The van der Waals surface area contributed by atoms with Crippen LogP contribution in [0.4, 0.5) is 11.4 Å². The Morgan fingerprint density at radius 2 is 1.69 bits per heavy atom. The second-order valence-electron chi connectivity index (χ2n) is 6.34. The molecule has 0 unspecified atom stereocenters. The lowest BCUT2D eigenvalue weighted by Crippen LogP contribution is -2.15. The molecule has 2 N–H and O–H groups in total. The molecule has 5 nitrogen and oxygen atoms in total. The Morgan fingerprint density at radius 3 is 2.31 bits per heavy atom. The van der Waals surface area contributed by atoms with Gasteiger partial charge in [-0.2, -0.15) is 0 Å². The first-order chi connectivity index (χ1) is 12.6. The molecule has 0 heterocycles. The van der Waals surface area contributed by atoms with Crippen molar-refractivity contribution in [3.63, 3.8) is 0 Å². The lowest BCUT2D eigenvalue weighted by molar-refractivity contribution is -0.117. The molecule has 2 aromatic rings. The first kappa shape index (κ1) is 17.7. The smallest absolute Gasteiger partial charge is 0.248 e. The lowest BCUT2D eigenvalue weighted by Gasteiger charge is -2.12. The highest BCUT2D eigenvalue weighted by Crippen LogP contribution is 2.31. The van der Waals surface area contributed by atoms with Crippen molar-refractivity contribution in [1.82, 2.24) is 0 Å². The molecule has 2 amide bonds. The molecule has 1 aliphatic carbocycles. The van der Waals surface area contributed by atoms with E-state index in [0.29, 0.717) is 5.69 Å². The number of methoxy groups -OCH3 is 1. The van der Waals surface area contributed by atoms with E-state index >= 15 is 0 Å². The molecule has 0 atom stereocenters. The SMILES string of the molecule is COc1ccc(/C=C/C(=O)Nc2cccc(NC(=O)C3CC3)c2C)cc1. The average Bonchev–Trinajstić information content (AvgIpc) is 3.49. The molecule has 0 aliphatic heterocycles. The molecule has 0 aromatic heterocycles. The Hall–Kier alpha value is -3.08. The summed E-state index contributed by atoms with van der Waals surface area (Å²) in [4.78, 5) is 24.1. The number of hydrogen-bond acceptors (Lipinski definition) is 3. The van der Waals surface area contributed by atoms with Crippen LogP contribution in [0.1, 0.15) is 24.0 Å². The van der Waals surface area contributed by atoms with E-state index in [2.05, 4.69) is 10.6 Å². The predicted molar refractivity (Wildman–Crippen MR) is 103 cm³/mol. The number of carbonyl (C=O) groups is 2. The van der Waals surface area contributed by atoms with E-state index < -0.39 is 0 Å². The maximum Gasteiger partial charge on any atom is 0.248 e. The number of amides is 2. The molecule has 1 saturated carbocycles. The monoisotopic (exact) mass is 350 g/mol. The quantitative estimate of drug-likeness (QED) is 0.774. The minimum absolute atomic E-state index is 0.0518. The summed E-state index contributed by atoms with van der Waals surface area (Å²) in [6.07, 6.45) is 5.13. The molecule has 3 rings (SSSR count). The van der Waals surface area contributed by atoms with E-state index in [-0.39, 0.29) is 17.7 Å². The first-order valence-electron chi connectivity index (χ1n) is 8.60. The predicted octanol–water partition coefficient (Wildman–Crippen LogP) is 4.00. The second-order valence-corrected chi connectivity index (χ2v) is 6.34. The molecule has 0 radical (unpaired) electrons. The minimum atomic E-state index is -0.227. The standard InChI is InChI=1S/C21H22N2O3/c1-14-18(4-3-5-19(14)23-21(25)16-9-10-16)22-20(24)13-8-15-6-11-17(26-2)12-7-15/h3-8,11-13,16H,9-10H2,1-2H3,(H,22,24)(H,23,25)/b13-8+. The van der Waals surface area contributed by atoms with Crippen LogP contribution in [0.25, 0.3) is 6.08 Å². The van der Waals surface area contributed by atoms with E-state index in [4.69, 9.17) is 4.74 Å². The second kappa shape index (κ2) is 7.87. The largest absolute Gasteiger partial charge is 0.497 e. The van der Waals surface area contributed by atoms with Gasteiger partial charge in [0.15, 0.2) is 0 Å². The van der Waals surface area contributed by atoms with Gasteiger partial charge in [-0.1, -0.05) is 18.2 Å². The first-order valence-corrected chi connectivity index (χ1v) is 8.60. The average molecular weight is 350 g/mol. The van der Waals surface area contributed by atoms with Crippen LogP contribution in [0, 0.1) is 12.8 Å². The Labute approximate surface area is 153 Å². The molecule has 0 spiro atoms. The van der Waals surface area contributed by atoms with Crippen molar-refractivity contribution in [2.45, 2.75) is 19.8 Å². The van der Waals surface area contributed by atoms with Gasteiger partial charge in [-0.15, -0.1) is 0 Å². The summed E-state index contributed by atoms with van der Waals surface area (Å²) in [7, 11) is 1.61. The highest BCUT2D eigenvalue weighted by atomic mass is 16.5. The molecular formula is C21H22N2O3. The fourth-order valence-electron chi connectivity index (χ4n) is 2.55. The van der Waals surface area contributed by atoms with Crippen LogP contribution in [0.15, 0.2) is 48.5 Å². The van der Waals surface area contributed by atoms with Crippen LogP contribution in [-0.2, 0) is 9.59 Å². The number of nitrogens with one attached hydrogen (secondary N) is 2. The van der Waals surface area contributed by atoms with E-state index in [0.717, 1.165) is 35.4 Å². The Bertz CT molecular complexity index is 837. The third-order valence-corrected chi connectivity index (χ3v) is 4.34. The maximum atomic E-state index is 12.2. The van der Waals surface area contributed by atoms with Crippen LogP contribution in [-0.4, -0.2) is 18.9 Å². The minimum Gasteiger partial charge on any atom is -0.497 e. The molecule has 0 bridgehead atoms. The number of anilines is 2. The fraction of sp³-hybridized carbons (Fsp3) is 0.238. The molecule has 134 valence electrons. The number of rotatable bonds is 6. The summed E-state index contributed by atoms with van der Waals surface area (Å²) in [5.41, 5.74) is 3.16. The third-order valence-electron chi connectivity index (χ3n) is 4.34. The summed E-state index contributed by atoms with van der Waals surface area (Å²) in [5, 5.41) is 5.79. The van der Waals surface area contributed by atoms with Crippen molar-refractivity contribution in [2.24, 2.45) is 5.92 Å². The van der Waals surface area contributed by atoms with E-state index in [1.165, 1.54) is 6.08 Å². The third kappa shape index (κ3) is 4.51. The Kier molecular flexibility index (Phi) is 5.37. The van der Waals surface area contributed by atoms with Gasteiger partial charge < -0.3 is 15.4 Å². The topological polar surface area (TPSA) is 67.4 Å². The zero-order valence-corrected chi connectivity index (χ0v) is 14.9. The number of benzene rings is 2. The molecule has 5 heteroatoms. The Balaban J connectivity index is 1.64.